The van der Waals surface area contributed by atoms with Crippen LogP contribution in [-0.2, 0) is 0 Å². The van der Waals surface area contributed by atoms with Gasteiger partial charge in [-0.1, -0.05) is 6.07 Å². The summed E-state index contributed by atoms with van der Waals surface area (Å²) in [5.74, 6) is -1.89. The van der Waals surface area contributed by atoms with Crippen LogP contribution in [0.4, 0.5) is 8.78 Å². The Balaban J connectivity index is 2.35. The lowest BCUT2D eigenvalue weighted by atomic mass is 10.2. The number of benzene rings is 2. The molecule has 5 heteroatoms. The normalized spacial score (nSPS) is 10.8. The molecule has 0 radical (unpaired) electrons. The Morgan fingerprint density at radius 3 is 2.52 bits per heavy atom. The van der Waals surface area contributed by atoms with Crippen molar-refractivity contribution in [3.8, 4) is 17.5 Å². The number of aromatic hydroxyl groups is 1. The zero-order chi connectivity index (χ0) is 15.1. The van der Waals surface area contributed by atoms with E-state index in [1.165, 1.54) is 12.3 Å². The smallest absolute Gasteiger partial charge is 0.160 e. The Kier molecular flexibility index (Phi) is 2.88. The fourth-order valence-electron chi connectivity index (χ4n) is 2.27. The third-order valence-corrected chi connectivity index (χ3v) is 3.44. The minimum absolute atomic E-state index is 0.0930. The van der Waals surface area contributed by atoms with Crippen molar-refractivity contribution in [1.29, 1.82) is 5.26 Å². The molecule has 1 aromatic heterocycles. The molecule has 0 bridgehead atoms. The number of aryl methyl sites for hydroxylation is 1. The van der Waals surface area contributed by atoms with Crippen LogP contribution in [0.2, 0.25) is 0 Å². The molecule has 0 aliphatic heterocycles. The second-order valence-corrected chi connectivity index (χ2v) is 4.78. The summed E-state index contributed by atoms with van der Waals surface area (Å²) < 4.78 is 28.4. The highest BCUT2D eigenvalue weighted by Crippen LogP contribution is 2.29. The summed E-state index contributed by atoms with van der Waals surface area (Å²) in [6, 6.07) is 8.97. The minimum Gasteiger partial charge on any atom is -0.508 e. The van der Waals surface area contributed by atoms with E-state index >= 15 is 0 Å². The fourth-order valence-corrected chi connectivity index (χ4v) is 2.27. The van der Waals surface area contributed by atoms with Crippen molar-refractivity contribution in [1.82, 2.24) is 4.57 Å². The SMILES string of the molecule is Cc1ccc(-n2cc(C#N)c3cc(F)c(F)cc32)cc1O. The van der Waals surface area contributed by atoms with Crippen LogP contribution in [-0.4, -0.2) is 9.67 Å². The summed E-state index contributed by atoms with van der Waals surface area (Å²) >= 11 is 0. The van der Waals surface area contributed by atoms with Crippen LogP contribution in [0.5, 0.6) is 5.75 Å². The number of aromatic nitrogens is 1. The number of nitriles is 1. The van der Waals surface area contributed by atoms with E-state index in [1.54, 1.807) is 23.6 Å². The number of nitrogens with zero attached hydrogens (tertiary/aromatic N) is 2. The van der Waals surface area contributed by atoms with Crippen LogP contribution in [0.15, 0.2) is 36.5 Å². The second kappa shape index (κ2) is 4.60. The lowest BCUT2D eigenvalue weighted by molar-refractivity contribution is 0.471. The van der Waals surface area contributed by atoms with Gasteiger partial charge >= 0.3 is 0 Å². The Hall–Kier alpha value is -2.87. The predicted molar refractivity (Wildman–Crippen MR) is 74.3 cm³/mol. The maximum atomic E-state index is 13.5. The van der Waals surface area contributed by atoms with E-state index in [-0.39, 0.29) is 11.3 Å². The van der Waals surface area contributed by atoms with E-state index in [9.17, 15) is 13.9 Å². The van der Waals surface area contributed by atoms with Gasteiger partial charge in [-0.25, -0.2) is 8.78 Å². The Bertz CT molecular complexity index is 907. The first-order chi connectivity index (χ1) is 10.0. The van der Waals surface area contributed by atoms with Crippen molar-refractivity contribution in [2.24, 2.45) is 0 Å². The standard InChI is InChI=1S/C16H10F2N2O/c1-9-2-3-11(4-16(9)21)20-8-10(7-19)12-5-13(17)14(18)6-15(12)20/h2-6,8,21H,1H3. The quantitative estimate of drug-likeness (QED) is 0.739. The highest BCUT2D eigenvalue weighted by Gasteiger charge is 2.14. The zero-order valence-electron chi connectivity index (χ0n) is 11.1. The lowest BCUT2D eigenvalue weighted by Crippen LogP contribution is -1.93. The highest BCUT2D eigenvalue weighted by molar-refractivity contribution is 5.88. The minimum atomic E-state index is -0.997. The summed E-state index contributed by atoms with van der Waals surface area (Å²) in [5, 5.41) is 19.2. The van der Waals surface area contributed by atoms with E-state index in [0.29, 0.717) is 22.2 Å². The summed E-state index contributed by atoms with van der Waals surface area (Å²) in [5.41, 5.74) is 1.88. The van der Waals surface area contributed by atoms with E-state index in [1.807, 2.05) is 6.07 Å². The number of fused-ring (bicyclic) bond motifs is 1. The molecule has 0 aliphatic rings. The predicted octanol–water partition coefficient (Wildman–Crippen LogP) is 3.79. The van der Waals surface area contributed by atoms with Gasteiger partial charge in [0.05, 0.1) is 11.1 Å². The molecule has 0 atom stereocenters. The average Bonchev–Trinajstić information content (AvgIpc) is 2.80. The van der Waals surface area contributed by atoms with Gasteiger partial charge < -0.3 is 9.67 Å². The Labute approximate surface area is 119 Å². The Morgan fingerprint density at radius 1 is 1.14 bits per heavy atom. The molecule has 21 heavy (non-hydrogen) atoms. The highest BCUT2D eigenvalue weighted by atomic mass is 19.2. The Morgan fingerprint density at radius 2 is 1.86 bits per heavy atom. The van der Waals surface area contributed by atoms with E-state index < -0.39 is 11.6 Å². The van der Waals surface area contributed by atoms with Crippen LogP contribution in [0.25, 0.3) is 16.6 Å². The van der Waals surface area contributed by atoms with Crippen LogP contribution in [0, 0.1) is 29.9 Å². The van der Waals surface area contributed by atoms with Crippen molar-refractivity contribution in [3.63, 3.8) is 0 Å². The van der Waals surface area contributed by atoms with Crippen LogP contribution in [0.3, 0.4) is 0 Å². The van der Waals surface area contributed by atoms with Gasteiger partial charge in [0.15, 0.2) is 11.6 Å². The molecule has 1 heterocycles. The summed E-state index contributed by atoms with van der Waals surface area (Å²) in [6.45, 7) is 1.75. The van der Waals surface area contributed by atoms with Gasteiger partial charge in [0.1, 0.15) is 11.8 Å². The first-order valence-electron chi connectivity index (χ1n) is 6.21. The molecular weight excluding hydrogens is 274 g/mol. The molecule has 3 rings (SSSR count). The molecule has 2 aromatic carbocycles. The number of halogens is 2. The summed E-state index contributed by atoms with van der Waals surface area (Å²) in [7, 11) is 0. The maximum absolute atomic E-state index is 13.5. The molecular formula is C16H10F2N2O. The van der Waals surface area contributed by atoms with Gasteiger partial charge in [-0.2, -0.15) is 5.26 Å². The van der Waals surface area contributed by atoms with E-state index in [4.69, 9.17) is 5.26 Å². The van der Waals surface area contributed by atoms with Gasteiger partial charge in [-0.15, -0.1) is 0 Å². The van der Waals surface area contributed by atoms with Crippen LogP contribution < -0.4 is 0 Å². The molecule has 0 spiro atoms. The number of phenolic OH excluding ortho intramolecular Hbond substituents is 1. The largest absolute Gasteiger partial charge is 0.508 e. The second-order valence-electron chi connectivity index (χ2n) is 4.78. The molecule has 3 aromatic rings. The van der Waals surface area contributed by atoms with Crippen LogP contribution in [0.1, 0.15) is 11.1 Å². The maximum Gasteiger partial charge on any atom is 0.160 e. The molecule has 3 nitrogen and oxygen atoms in total. The van der Waals surface area contributed by atoms with Crippen LogP contribution >= 0.6 is 0 Å². The summed E-state index contributed by atoms with van der Waals surface area (Å²) in [6.07, 6.45) is 1.49. The number of hydrogen-bond acceptors (Lipinski definition) is 2. The van der Waals surface area contributed by atoms with Gasteiger partial charge in [-0.05, 0) is 24.6 Å². The van der Waals surface area contributed by atoms with Gasteiger partial charge in [0.2, 0.25) is 0 Å². The topological polar surface area (TPSA) is 49.0 Å². The first kappa shape index (κ1) is 13.1. The third kappa shape index (κ3) is 2.01. The van der Waals surface area contributed by atoms with Crippen molar-refractivity contribution in [2.75, 3.05) is 0 Å². The van der Waals surface area contributed by atoms with Gasteiger partial charge in [0.25, 0.3) is 0 Å². The van der Waals surface area contributed by atoms with Crippen molar-refractivity contribution >= 4 is 10.9 Å². The van der Waals surface area contributed by atoms with Gasteiger partial charge in [0, 0.05) is 29.4 Å². The lowest BCUT2D eigenvalue weighted by Gasteiger charge is -2.07. The zero-order valence-corrected chi connectivity index (χ0v) is 11.1. The molecule has 0 aliphatic carbocycles. The van der Waals surface area contributed by atoms with Crippen molar-refractivity contribution in [3.05, 3.63) is 59.3 Å². The molecule has 0 saturated heterocycles. The molecule has 0 amide bonds. The molecule has 0 saturated carbocycles. The molecule has 0 fully saturated rings. The third-order valence-electron chi connectivity index (χ3n) is 3.44. The average molecular weight is 284 g/mol. The van der Waals surface area contributed by atoms with E-state index in [0.717, 1.165) is 12.1 Å². The molecule has 0 unspecified atom stereocenters. The monoisotopic (exact) mass is 284 g/mol. The van der Waals surface area contributed by atoms with Gasteiger partial charge in [-0.3, -0.25) is 0 Å². The molecule has 104 valence electrons. The van der Waals surface area contributed by atoms with E-state index in [2.05, 4.69) is 0 Å². The number of phenols is 1. The summed E-state index contributed by atoms with van der Waals surface area (Å²) in [4.78, 5) is 0. The molecule has 1 N–H and O–H groups in total. The van der Waals surface area contributed by atoms with Crippen molar-refractivity contribution < 1.29 is 13.9 Å². The van der Waals surface area contributed by atoms with Crippen molar-refractivity contribution in [2.45, 2.75) is 6.92 Å². The number of rotatable bonds is 1. The number of hydrogen-bond donors (Lipinski definition) is 1. The fraction of sp³-hybridized carbons (Fsp3) is 0.0625. The first-order valence-corrected chi connectivity index (χ1v) is 6.21.